The molecule has 0 bridgehead atoms. The molecule has 2 rings (SSSR count). The average Bonchev–Trinajstić information content (AvgIpc) is 2.50. The lowest BCUT2D eigenvalue weighted by molar-refractivity contribution is -0.119. The number of hydrogen-bond donors (Lipinski definition) is 2. The van der Waals surface area contributed by atoms with Crippen molar-refractivity contribution in [1.29, 1.82) is 0 Å². The van der Waals surface area contributed by atoms with Crippen molar-refractivity contribution < 1.29 is 13.2 Å². The first-order chi connectivity index (χ1) is 10.8. The van der Waals surface area contributed by atoms with E-state index >= 15 is 0 Å². The highest BCUT2D eigenvalue weighted by atomic mass is 35.5. The first kappa shape index (κ1) is 17.4. The Hall–Kier alpha value is -1.96. The number of sulfonamides is 1. The standard InChI is InChI=1S/C15H16ClN3O3S/c1-10-7-12(9-18-14(10)16)23(21,22)19-13(15(17)20)8-11-5-3-2-4-6-11/h2-7,9,13,19H,8H2,1H3,(H2,17,20)/t13-/m1/s1. The molecule has 2 aromatic rings. The summed E-state index contributed by atoms with van der Waals surface area (Å²) in [7, 11) is -3.94. The minimum atomic E-state index is -3.94. The van der Waals surface area contributed by atoms with E-state index in [-0.39, 0.29) is 16.5 Å². The van der Waals surface area contributed by atoms with E-state index in [2.05, 4.69) is 9.71 Å². The van der Waals surface area contributed by atoms with Crippen LogP contribution in [0.3, 0.4) is 0 Å². The average molecular weight is 354 g/mol. The van der Waals surface area contributed by atoms with Gasteiger partial charge in [0.25, 0.3) is 0 Å². The zero-order chi connectivity index (χ0) is 17.0. The van der Waals surface area contributed by atoms with Gasteiger partial charge in [0.15, 0.2) is 0 Å². The number of pyridine rings is 1. The third kappa shape index (κ3) is 4.51. The van der Waals surface area contributed by atoms with E-state index in [1.54, 1.807) is 31.2 Å². The highest BCUT2D eigenvalue weighted by molar-refractivity contribution is 7.89. The number of benzene rings is 1. The smallest absolute Gasteiger partial charge is 0.242 e. The molecule has 0 aliphatic rings. The van der Waals surface area contributed by atoms with E-state index in [9.17, 15) is 13.2 Å². The Morgan fingerprint density at radius 1 is 1.35 bits per heavy atom. The fraction of sp³-hybridized carbons (Fsp3) is 0.200. The SMILES string of the molecule is Cc1cc(S(=O)(=O)N[C@H](Cc2ccccc2)C(N)=O)cnc1Cl. The molecule has 3 N–H and O–H groups in total. The largest absolute Gasteiger partial charge is 0.368 e. The van der Waals surface area contributed by atoms with Crippen LogP contribution in [0.25, 0.3) is 0 Å². The van der Waals surface area contributed by atoms with Gasteiger partial charge in [-0.25, -0.2) is 13.4 Å². The number of hydrogen-bond acceptors (Lipinski definition) is 4. The molecule has 0 aliphatic heterocycles. The molecular weight excluding hydrogens is 338 g/mol. The molecule has 0 aliphatic carbocycles. The quantitative estimate of drug-likeness (QED) is 0.766. The van der Waals surface area contributed by atoms with Crippen LogP contribution < -0.4 is 10.5 Å². The summed E-state index contributed by atoms with van der Waals surface area (Å²) in [5.41, 5.74) is 6.64. The number of halogens is 1. The maximum absolute atomic E-state index is 12.4. The topological polar surface area (TPSA) is 102 Å². The predicted octanol–water partition coefficient (Wildman–Crippen LogP) is 1.42. The van der Waals surface area contributed by atoms with Gasteiger partial charge in [-0.3, -0.25) is 4.79 Å². The van der Waals surface area contributed by atoms with Gasteiger partial charge < -0.3 is 5.73 Å². The van der Waals surface area contributed by atoms with Gasteiger partial charge in [-0.05, 0) is 30.5 Å². The highest BCUT2D eigenvalue weighted by Crippen LogP contribution is 2.17. The molecule has 0 fully saturated rings. The predicted molar refractivity (Wildman–Crippen MR) is 87.4 cm³/mol. The van der Waals surface area contributed by atoms with Crippen LogP contribution in [0.2, 0.25) is 5.15 Å². The molecule has 0 saturated heterocycles. The lowest BCUT2D eigenvalue weighted by Gasteiger charge is -2.16. The summed E-state index contributed by atoms with van der Waals surface area (Å²) in [6, 6.07) is 9.34. The number of amides is 1. The van der Waals surface area contributed by atoms with Crippen LogP contribution in [-0.2, 0) is 21.2 Å². The van der Waals surface area contributed by atoms with Crippen LogP contribution in [0.5, 0.6) is 0 Å². The fourth-order valence-corrected chi connectivity index (χ4v) is 3.32. The van der Waals surface area contributed by atoms with E-state index in [4.69, 9.17) is 17.3 Å². The zero-order valence-corrected chi connectivity index (χ0v) is 13.9. The third-order valence-corrected chi connectivity index (χ3v) is 5.06. The van der Waals surface area contributed by atoms with Crippen molar-refractivity contribution in [2.45, 2.75) is 24.3 Å². The molecule has 8 heteroatoms. The van der Waals surface area contributed by atoms with Crippen molar-refractivity contribution >= 4 is 27.5 Å². The van der Waals surface area contributed by atoms with E-state index in [1.807, 2.05) is 6.07 Å². The molecule has 23 heavy (non-hydrogen) atoms. The normalized spacial score (nSPS) is 12.8. The van der Waals surface area contributed by atoms with E-state index in [0.717, 1.165) is 11.8 Å². The van der Waals surface area contributed by atoms with Gasteiger partial charge >= 0.3 is 0 Å². The molecule has 1 atom stereocenters. The molecular formula is C15H16ClN3O3S. The van der Waals surface area contributed by atoms with Crippen LogP contribution in [0.15, 0.2) is 47.5 Å². The van der Waals surface area contributed by atoms with E-state index in [0.29, 0.717) is 5.56 Å². The van der Waals surface area contributed by atoms with Crippen molar-refractivity contribution in [1.82, 2.24) is 9.71 Å². The maximum atomic E-state index is 12.4. The molecule has 1 aromatic heterocycles. The summed E-state index contributed by atoms with van der Waals surface area (Å²) in [6.07, 6.45) is 1.30. The lowest BCUT2D eigenvalue weighted by Crippen LogP contribution is -2.45. The van der Waals surface area contributed by atoms with Gasteiger partial charge in [-0.2, -0.15) is 4.72 Å². The number of carbonyl (C=O) groups excluding carboxylic acids is 1. The molecule has 6 nitrogen and oxygen atoms in total. The van der Waals surface area contributed by atoms with Gasteiger partial charge in [0, 0.05) is 6.20 Å². The number of aromatic nitrogens is 1. The van der Waals surface area contributed by atoms with Crippen LogP contribution in [0.1, 0.15) is 11.1 Å². The molecule has 1 aromatic carbocycles. The summed E-state index contributed by atoms with van der Waals surface area (Å²) in [5, 5.41) is 0.222. The van der Waals surface area contributed by atoms with Crippen LogP contribution in [0, 0.1) is 6.92 Å². The molecule has 122 valence electrons. The number of carbonyl (C=O) groups is 1. The second-order valence-corrected chi connectivity index (χ2v) is 7.12. The Morgan fingerprint density at radius 2 is 2.00 bits per heavy atom. The van der Waals surface area contributed by atoms with Crippen molar-refractivity contribution in [2.24, 2.45) is 5.73 Å². The summed E-state index contributed by atoms with van der Waals surface area (Å²) in [4.78, 5) is 15.3. The van der Waals surface area contributed by atoms with Gasteiger partial charge in [0.05, 0.1) is 0 Å². The number of aryl methyl sites for hydroxylation is 1. The number of nitrogens with zero attached hydrogens (tertiary/aromatic N) is 1. The van der Waals surface area contributed by atoms with Crippen LogP contribution in [-0.4, -0.2) is 25.4 Å². The molecule has 1 amide bonds. The molecule has 0 radical (unpaired) electrons. The summed E-state index contributed by atoms with van der Waals surface area (Å²) in [6.45, 7) is 1.64. The Kier molecular flexibility index (Phi) is 5.35. The Labute approximate surface area is 139 Å². The fourth-order valence-electron chi connectivity index (χ4n) is 1.98. The van der Waals surface area contributed by atoms with Crippen molar-refractivity contribution in [3.8, 4) is 0 Å². The monoisotopic (exact) mass is 353 g/mol. The first-order valence-corrected chi connectivity index (χ1v) is 8.63. The van der Waals surface area contributed by atoms with Crippen molar-refractivity contribution in [3.05, 3.63) is 58.9 Å². The van der Waals surface area contributed by atoms with Crippen LogP contribution in [0.4, 0.5) is 0 Å². The summed E-state index contributed by atoms with van der Waals surface area (Å²) >= 11 is 5.79. The Morgan fingerprint density at radius 3 is 2.57 bits per heavy atom. The molecule has 0 unspecified atom stereocenters. The lowest BCUT2D eigenvalue weighted by atomic mass is 10.1. The minimum absolute atomic E-state index is 0.0706. The van der Waals surface area contributed by atoms with Crippen LogP contribution >= 0.6 is 11.6 Å². The second kappa shape index (κ2) is 7.08. The summed E-state index contributed by atoms with van der Waals surface area (Å²) < 4.78 is 27.1. The molecule has 0 spiro atoms. The number of rotatable bonds is 6. The summed E-state index contributed by atoms with van der Waals surface area (Å²) in [5.74, 6) is -0.754. The number of nitrogens with two attached hydrogens (primary N) is 1. The first-order valence-electron chi connectivity index (χ1n) is 6.77. The van der Waals surface area contributed by atoms with Gasteiger partial charge in [0.2, 0.25) is 15.9 Å². The van der Waals surface area contributed by atoms with E-state index < -0.39 is 22.0 Å². The number of nitrogens with one attached hydrogen (secondary N) is 1. The third-order valence-electron chi connectivity index (χ3n) is 3.22. The van der Waals surface area contributed by atoms with Gasteiger partial charge in [0.1, 0.15) is 16.1 Å². The van der Waals surface area contributed by atoms with Crippen molar-refractivity contribution in [3.63, 3.8) is 0 Å². The van der Waals surface area contributed by atoms with Gasteiger partial charge in [-0.1, -0.05) is 41.9 Å². The second-order valence-electron chi connectivity index (χ2n) is 5.04. The molecule has 1 heterocycles. The van der Waals surface area contributed by atoms with E-state index in [1.165, 1.54) is 6.07 Å². The molecule has 0 saturated carbocycles. The Balaban J connectivity index is 2.24. The van der Waals surface area contributed by atoms with Gasteiger partial charge in [-0.15, -0.1) is 0 Å². The highest BCUT2D eigenvalue weighted by Gasteiger charge is 2.25. The number of primary amides is 1. The minimum Gasteiger partial charge on any atom is -0.368 e. The Bertz CT molecular complexity index is 810. The zero-order valence-electron chi connectivity index (χ0n) is 12.4. The maximum Gasteiger partial charge on any atom is 0.242 e. The van der Waals surface area contributed by atoms with Crippen molar-refractivity contribution in [2.75, 3.05) is 0 Å².